The number of fused-ring (bicyclic) bond motifs is 2. The first-order valence-electron chi connectivity index (χ1n) is 11.6. The van der Waals surface area contributed by atoms with Crippen molar-refractivity contribution in [2.24, 2.45) is 5.92 Å². The summed E-state index contributed by atoms with van der Waals surface area (Å²) in [7, 11) is 1.54. The number of halogens is 1. The van der Waals surface area contributed by atoms with Crippen molar-refractivity contribution in [2.75, 3.05) is 17.7 Å². The van der Waals surface area contributed by atoms with E-state index in [9.17, 15) is 14.7 Å². The first-order valence-corrected chi connectivity index (χ1v) is 12.0. The molecular formula is C26H23ClN4O5. The van der Waals surface area contributed by atoms with Crippen LogP contribution in [0, 0.1) is 5.92 Å². The highest BCUT2D eigenvalue weighted by Gasteiger charge is 2.80. The van der Waals surface area contributed by atoms with Crippen molar-refractivity contribution in [2.45, 2.75) is 30.7 Å². The average Bonchev–Trinajstić information content (AvgIpc) is 3.72. The van der Waals surface area contributed by atoms with Crippen LogP contribution in [0.15, 0.2) is 48.7 Å². The van der Waals surface area contributed by atoms with Gasteiger partial charge in [0.25, 0.3) is 0 Å². The second-order valence-electron chi connectivity index (χ2n) is 9.26. The first kappa shape index (κ1) is 22.5. The molecule has 9 nitrogen and oxygen atoms in total. The summed E-state index contributed by atoms with van der Waals surface area (Å²) < 4.78 is 11.3. The molecule has 2 aromatic carbocycles. The topological polar surface area (TPSA) is 122 Å². The summed E-state index contributed by atoms with van der Waals surface area (Å²) in [6.07, 6.45) is 3.33. The predicted molar refractivity (Wildman–Crippen MR) is 133 cm³/mol. The highest BCUT2D eigenvalue weighted by atomic mass is 35.5. The van der Waals surface area contributed by atoms with Crippen LogP contribution in [0.5, 0.6) is 23.0 Å². The van der Waals surface area contributed by atoms with Gasteiger partial charge in [-0.15, -0.1) is 0 Å². The number of carbonyl (C=O) groups is 2. The molecule has 0 unspecified atom stereocenters. The van der Waals surface area contributed by atoms with Crippen LogP contribution in [0.1, 0.15) is 29.9 Å². The van der Waals surface area contributed by atoms with Crippen LogP contribution < -0.4 is 25.4 Å². The number of hydrogen-bond donors (Lipinski definition) is 4. The molecule has 2 heterocycles. The van der Waals surface area contributed by atoms with Gasteiger partial charge in [-0.05, 0) is 55.2 Å². The summed E-state index contributed by atoms with van der Waals surface area (Å²) in [6, 6.07) is 11.5. The van der Waals surface area contributed by atoms with Crippen LogP contribution in [-0.4, -0.2) is 34.7 Å². The summed E-state index contributed by atoms with van der Waals surface area (Å²) in [5.74, 6) is 2.58. The number of ether oxygens (including phenoxy) is 2. The number of pyridine rings is 1. The highest BCUT2D eigenvalue weighted by molar-refractivity contribution is 6.33. The normalized spacial score (nSPS) is 23.0. The van der Waals surface area contributed by atoms with Gasteiger partial charge in [0.1, 0.15) is 28.8 Å². The number of amides is 3. The molecule has 3 atom stereocenters. The quantitative estimate of drug-likeness (QED) is 0.381. The number of nitrogens with zero attached hydrogens (tertiary/aromatic N) is 1. The van der Waals surface area contributed by atoms with Gasteiger partial charge in [-0.1, -0.05) is 11.6 Å². The Bertz CT molecular complexity index is 1410. The van der Waals surface area contributed by atoms with Crippen molar-refractivity contribution in [1.82, 2.24) is 10.3 Å². The molecule has 2 aliphatic carbocycles. The van der Waals surface area contributed by atoms with Crippen molar-refractivity contribution in [3.8, 4) is 23.0 Å². The lowest BCUT2D eigenvalue weighted by molar-refractivity contribution is -0.116. The van der Waals surface area contributed by atoms with Crippen LogP contribution in [0.2, 0.25) is 5.02 Å². The number of anilines is 2. The number of rotatable bonds is 6. The van der Waals surface area contributed by atoms with Gasteiger partial charge in [0, 0.05) is 35.7 Å². The van der Waals surface area contributed by atoms with Crippen molar-refractivity contribution in [1.29, 1.82) is 0 Å². The number of hydrogen-bond acceptors (Lipinski definition) is 6. The lowest BCUT2D eigenvalue weighted by atomic mass is 9.99. The highest BCUT2D eigenvalue weighted by Crippen LogP contribution is 2.77. The maximum atomic E-state index is 12.7. The van der Waals surface area contributed by atoms with Gasteiger partial charge in [-0.3, -0.25) is 4.79 Å². The molecule has 0 bridgehead atoms. The molecule has 0 radical (unpaired) electrons. The lowest BCUT2D eigenvalue weighted by Gasteiger charge is -2.20. The Labute approximate surface area is 211 Å². The van der Waals surface area contributed by atoms with Gasteiger partial charge in [0.15, 0.2) is 0 Å². The Morgan fingerprint density at radius 3 is 2.83 bits per heavy atom. The summed E-state index contributed by atoms with van der Waals surface area (Å²) >= 11 is 6.21. The van der Waals surface area contributed by atoms with E-state index in [4.69, 9.17) is 21.1 Å². The van der Waals surface area contributed by atoms with E-state index in [-0.39, 0.29) is 29.5 Å². The fourth-order valence-corrected chi connectivity index (χ4v) is 5.21. The Hall–Kier alpha value is -3.98. The number of phenolic OH excluding ortho intramolecular Hbond substituents is 1. The van der Waals surface area contributed by atoms with E-state index in [2.05, 4.69) is 20.9 Å². The van der Waals surface area contributed by atoms with Crippen LogP contribution >= 0.6 is 11.6 Å². The van der Waals surface area contributed by atoms with E-state index in [1.165, 1.54) is 0 Å². The molecule has 3 aliphatic rings. The molecule has 4 N–H and O–H groups in total. The number of nitrogens with one attached hydrogen (secondary N) is 3. The maximum absolute atomic E-state index is 12.7. The minimum absolute atomic E-state index is 0.0155. The second-order valence-corrected chi connectivity index (χ2v) is 9.67. The van der Waals surface area contributed by atoms with Gasteiger partial charge >= 0.3 is 6.03 Å². The molecule has 1 aromatic heterocycles. The predicted octanol–water partition coefficient (Wildman–Crippen LogP) is 4.80. The largest absolute Gasteiger partial charge is 0.508 e. The van der Waals surface area contributed by atoms with Crippen molar-refractivity contribution >= 4 is 35.0 Å². The van der Waals surface area contributed by atoms with Crippen molar-refractivity contribution in [3.05, 3.63) is 64.8 Å². The van der Waals surface area contributed by atoms with Crippen LogP contribution in [0.3, 0.4) is 0 Å². The standard InChI is InChI=1S/C26H23ClN4O5/c1-35-13-2-5-18(27)19(11-13)29-25(34)31-26-12-17(26)23(26)16-10-14(3-6-20(16)32)36-21-8-9-28-24-15(21)4-7-22(33)30-24/h2-3,5-6,8-11,17,23,32H,4,7,12H2,1H3,(H,28,30,33)(H2,29,31,34)/t17-,23+,26-/m0/s1. The molecule has 6 rings (SSSR count). The van der Waals surface area contributed by atoms with Gasteiger partial charge in [-0.2, -0.15) is 0 Å². The minimum atomic E-state index is -0.397. The smallest absolute Gasteiger partial charge is 0.319 e. The number of phenols is 1. The average molecular weight is 507 g/mol. The third-order valence-electron chi connectivity index (χ3n) is 7.11. The van der Waals surface area contributed by atoms with E-state index < -0.39 is 5.54 Å². The second kappa shape index (κ2) is 8.30. The number of aromatic nitrogens is 1. The van der Waals surface area contributed by atoms with Crippen molar-refractivity contribution < 1.29 is 24.2 Å². The molecule has 36 heavy (non-hydrogen) atoms. The lowest BCUT2D eigenvalue weighted by Crippen LogP contribution is -2.36. The van der Waals surface area contributed by atoms with Crippen LogP contribution in [-0.2, 0) is 11.2 Å². The third-order valence-corrected chi connectivity index (χ3v) is 7.44. The Balaban J connectivity index is 1.17. The number of aromatic hydroxyl groups is 1. The van der Waals surface area contributed by atoms with E-state index in [1.54, 1.807) is 55.8 Å². The molecule has 184 valence electrons. The van der Waals surface area contributed by atoms with E-state index >= 15 is 0 Å². The summed E-state index contributed by atoms with van der Waals surface area (Å²) in [5.41, 5.74) is 1.62. The molecule has 3 amide bonds. The zero-order chi connectivity index (χ0) is 25.0. The van der Waals surface area contributed by atoms with Crippen LogP contribution in [0.4, 0.5) is 16.3 Å². The summed E-state index contributed by atoms with van der Waals surface area (Å²) in [6.45, 7) is 0. The molecule has 0 saturated heterocycles. The molecule has 3 aromatic rings. The number of methoxy groups -OCH3 is 1. The maximum Gasteiger partial charge on any atom is 0.319 e. The minimum Gasteiger partial charge on any atom is -0.508 e. The number of carbonyl (C=O) groups excluding carboxylic acids is 2. The number of benzene rings is 2. The zero-order valence-corrected chi connectivity index (χ0v) is 20.1. The fourth-order valence-electron chi connectivity index (χ4n) is 5.04. The summed E-state index contributed by atoms with van der Waals surface area (Å²) in [5, 5.41) is 19.6. The molecule has 1 aliphatic heterocycles. The van der Waals surface area contributed by atoms with E-state index in [1.807, 2.05) is 0 Å². The van der Waals surface area contributed by atoms with Gasteiger partial charge in [0.05, 0.1) is 23.4 Å². The third kappa shape index (κ3) is 3.85. The SMILES string of the molecule is COc1ccc(Cl)c(NC(=O)N[C@@]23C[C@H]2[C@H]3c2cc(Oc3ccnc4c3CCC(=O)N4)ccc2O)c1. The van der Waals surface area contributed by atoms with Gasteiger partial charge in [-0.25, -0.2) is 9.78 Å². The molecule has 10 heteroatoms. The molecular weight excluding hydrogens is 484 g/mol. The van der Waals surface area contributed by atoms with Crippen LogP contribution in [0.25, 0.3) is 0 Å². The van der Waals surface area contributed by atoms with E-state index in [0.29, 0.717) is 46.6 Å². The first-order chi connectivity index (χ1) is 17.4. The molecule has 2 fully saturated rings. The van der Waals surface area contributed by atoms with Crippen molar-refractivity contribution in [3.63, 3.8) is 0 Å². The summed E-state index contributed by atoms with van der Waals surface area (Å²) in [4.78, 5) is 28.6. The Morgan fingerprint density at radius 2 is 2.03 bits per heavy atom. The monoisotopic (exact) mass is 506 g/mol. The van der Waals surface area contributed by atoms with Gasteiger partial charge < -0.3 is 30.5 Å². The zero-order valence-electron chi connectivity index (χ0n) is 19.3. The van der Waals surface area contributed by atoms with Gasteiger partial charge in [0.2, 0.25) is 5.91 Å². The Morgan fingerprint density at radius 1 is 1.19 bits per heavy atom. The molecule has 0 spiro atoms. The fraction of sp³-hybridized carbons (Fsp3) is 0.269. The Kier molecular flexibility index (Phi) is 5.19. The van der Waals surface area contributed by atoms with E-state index in [0.717, 1.165) is 17.5 Å². The number of urea groups is 1. The molecule has 2 saturated carbocycles.